The molecule has 37 heavy (non-hydrogen) atoms. The maximum absolute atomic E-state index is 3.53. The zero-order valence-corrected chi connectivity index (χ0v) is 28.4. The van der Waals surface area contributed by atoms with E-state index in [2.05, 4.69) is 139 Å². The molecule has 0 heterocycles. The molecule has 0 aliphatic heterocycles. The van der Waals surface area contributed by atoms with Gasteiger partial charge in [0.1, 0.15) is 0 Å². The van der Waals surface area contributed by atoms with Crippen LogP contribution in [0.15, 0.2) is 47.6 Å². The number of benzene rings is 2. The van der Waals surface area contributed by atoms with E-state index in [0.29, 0.717) is 11.3 Å². The molecule has 0 fully saturated rings. The van der Waals surface area contributed by atoms with Crippen LogP contribution >= 0.6 is 0 Å². The summed E-state index contributed by atoms with van der Waals surface area (Å²) in [7, 11) is 0. The molecule has 1 unspecified atom stereocenters. The van der Waals surface area contributed by atoms with Gasteiger partial charge in [-0.2, -0.15) is 41.0 Å². The second kappa shape index (κ2) is 12.2. The number of hydrogen-bond acceptors (Lipinski definition) is 0. The normalized spacial score (nSPS) is 16.5. The Bertz CT molecular complexity index is 1100. The van der Waals surface area contributed by atoms with E-state index in [4.69, 9.17) is 0 Å². The van der Waals surface area contributed by atoms with Crippen LogP contribution in [0.1, 0.15) is 119 Å². The number of hydrogen-bond donors (Lipinski definition) is 0. The molecule has 4 rings (SSSR count). The van der Waals surface area contributed by atoms with E-state index in [0.717, 1.165) is 12.8 Å². The van der Waals surface area contributed by atoms with E-state index < -0.39 is 0 Å². The van der Waals surface area contributed by atoms with Crippen molar-refractivity contribution in [1.82, 2.24) is 0 Å². The van der Waals surface area contributed by atoms with Crippen molar-refractivity contribution in [3.63, 3.8) is 0 Å². The average molecular weight is 574 g/mol. The molecule has 0 radical (unpaired) electrons. The van der Waals surface area contributed by atoms with Gasteiger partial charge in [0.2, 0.25) is 0 Å². The standard InChI is InChI=1S/C21H25.C12H19.C3H6.Zr/c1-20(2,3)16-9-7-14-11-15-8-10-17(21(4,5)6)13-19(15)18(14)12-16;1-6-10-7-9(2)8-11(10)12(3,4)5;1-3-2;/h7,9-10,12-13H,11H2,1-6H3;8-9H,6H2,1-5H3;1-2H3;/q2*-1;;+2. The summed E-state index contributed by atoms with van der Waals surface area (Å²) in [5, 5.41) is 0. The summed E-state index contributed by atoms with van der Waals surface area (Å²) in [5.74, 6) is 0.522. The average Bonchev–Trinajstić information content (AvgIpc) is 3.31. The molecular weight excluding hydrogens is 524 g/mol. The van der Waals surface area contributed by atoms with Gasteiger partial charge in [-0.15, -0.1) is 5.56 Å². The van der Waals surface area contributed by atoms with Gasteiger partial charge in [0.15, 0.2) is 0 Å². The van der Waals surface area contributed by atoms with Crippen molar-refractivity contribution in [2.45, 2.75) is 114 Å². The molecule has 0 saturated carbocycles. The third-order valence-corrected chi connectivity index (χ3v) is 6.83. The van der Waals surface area contributed by atoms with E-state index >= 15 is 0 Å². The Hall–Kier alpha value is -1.33. The molecule has 2 aromatic rings. The first-order chi connectivity index (χ1) is 16.8. The number of allylic oxidation sites excluding steroid dienone is 4. The molecule has 0 bridgehead atoms. The van der Waals surface area contributed by atoms with Crippen LogP contribution in [0.3, 0.4) is 0 Å². The van der Waals surface area contributed by atoms with Crippen molar-refractivity contribution in [2.75, 3.05) is 0 Å². The van der Waals surface area contributed by atoms with Crippen LogP contribution in [0, 0.1) is 23.5 Å². The van der Waals surface area contributed by atoms with E-state index in [1.165, 1.54) is 47.7 Å². The van der Waals surface area contributed by atoms with Gasteiger partial charge < -0.3 is 0 Å². The van der Waals surface area contributed by atoms with Gasteiger partial charge in [-0.05, 0) is 17.4 Å². The molecule has 0 saturated heterocycles. The molecule has 0 nitrogen and oxygen atoms in total. The van der Waals surface area contributed by atoms with Gasteiger partial charge in [-0.3, -0.25) is 6.08 Å². The Balaban J connectivity index is 0.000000254. The first-order valence-electron chi connectivity index (χ1n) is 13.9. The van der Waals surface area contributed by atoms with E-state index in [1.807, 2.05) is 0 Å². The third kappa shape index (κ3) is 8.85. The van der Waals surface area contributed by atoms with Crippen LogP contribution in [0.5, 0.6) is 0 Å². The van der Waals surface area contributed by atoms with Gasteiger partial charge in [0, 0.05) is 0 Å². The van der Waals surface area contributed by atoms with Gasteiger partial charge in [0.25, 0.3) is 0 Å². The quantitative estimate of drug-likeness (QED) is 0.254. The predicted molar refractivity (Wildman–Crippen MR) is 161 cm³/mol. The third-order valence-electron chi connectivity index (χ3n) is 6.83. The Morgan fingerprint density at radius 3 is 1.86 bits per heavy atom. The van der Waals surface area contributed by atoms with Gasteiger partial charge >= 0.3 is 41.3 Å². The van der Waals surface area contributed by atoms with Crippen LogP contribution in [0.2, 0.25) is 0 Å². The fourth-order valence-corrected chi connectivity index (χ4v) is 4.72. The summed E-state index contributed by atoms with van der Waals surface area (Å²) in [6.45, 7) is 29.1. The Kier molecular flexibility index (Phi) is 10.5. The summed E-state index contributed by atoms with van der Waals surface area (Å²) in [5.41, 5.74) is 12.0. The molecule has 2 aliphatic carbocycles. The fraction of sp³-hybridized carbons (Fsp3) is 0.528. The second-order valence-electron chi connectivity index (χ2n) is 13.9. The SMILES string of the molecule is CC(C)(C)c1c[c-]c2c(c1)-c1cc(C(C)(C)C)ccc1C2.CCC1=[C-]C(C)C=C1C(C)(C)C.C[C](C)=[Zr+2]. The summed E-state index contributed by atoms with van der Waals surface area (Å²) >= 11 is 1.55. The molecule has 0 N–H and O–H groups in total. The molecule has 0 spiro atoms. The maximum atomic E-state index is 3.53. The Morgan fingerprint density at radius 2 is 1.41 bits per heavy atom. The summed E-state index contributed by atoms with van der Waals surface area (Å²) in [6.07, 6.45) is 7.98. The summed E-state index contributed by atoms with van der Waals surface area (Å²) < 4.78 is 1.51. The van der Waals surface area contributed by atoms with Crippen molar-refractivity contribution in [2.24, 2.45) is 11.3 Å². The van der Waals surface area contributed by atoms with E-state index in [1.54, 1.807) is 24.2 Å². The number of fused-ring (bicyclic) bond motifs is 3. The van der Waals surface area contributed by atoms with Crippen LogP contribution in [0.25, 0.3) is 11.1 Å². The molecule has 1 atom stereocenters. The van der Waals surface area contributed by atoms with Crippen molar-refractivity contribution in [3.05, 3.63) is 82.0 Å². The molecule has 2 aliphatic rings. The van der Waals surface area contributed by atoms with Crippen molar-refractivity contribution >= 4 is 3.21 Å². The van der Waals surface area contributed by atoms with Crippen LogP contribution in [-0.2, 0) is 41.5 Å². The first-order valence-corrected chi connectivity index (χ1v) is 15.1. The van der Waals surface area contributed by atoms with E-state index in [-0.39, 0.29) is 10.8 Å². The van der Waals surface area contributed by atoms with Crippen molar-refractivity contribution in [3.8, 4) is 11.1 Å². The second-order valence-corrected chi connectivity index (χ2v) is 16.4. The van der Waals surface area contributed by atoms with Gasteiger partial charge in [-0.1, -0.05) is 129 Å². The zero-order valence-electron chi connectivity index (χ0n) is 26.0. The Morgan fingerprint density at radius 1 is 0.865 bits per heavy atom. The minimum atomic E-state index is 0.177. The summed E-state index contributed by atoms with van der Waals surface area (Å²) in [6, 6.07) is 15.1. The van der Waals surface area contributed by atoms with Gasteiger partial charge in [0.05, 0.1) is 0 Å². The van der Waals surface area contributed by atoms with Crippen molar-refractivity contribution in [1.29, 1.82) is 0 Å². The van der Waals surface area contributed by atoms with Gasteiger partial charge in [-0.25, -0.2) is 5.57 Å². The topological polar surface area (TPSA) is 0 Å². The van der Waals surface area contributed by atoms with Crippen molar-refractivity contribution < 1.29 is 24.2 Å². The Labute approximate surface area is 244 Å². The number of rotatable bonds is 1. The fourth-order valence-electron chi connectivity index (χ4n) is 4.72. The zero-order chi connectivity index (χ0) is 28.3. The van der Waals surface area contributed by atoms with Crippen LogP contribution < -0.4 is 0 Å². The molecule has 198 valence electrons. The van der Waals surface area contributed by atoms with Crippen LogP contribution in [0.4, 0.5) is 0 Å². The summed E-state index contributed by atoms with van der Waals surface area (Å²) in [4.78, 5) is 0. The monoisotopic (exact) mass is 572 g/mol. The minimum absolute atomic E-state index is 0.177. The predicted octanol–water partition coefficient (Wildman–Crippen LogP) is 10.1. The molecular formula is C36H50Zr. The molecule has 2 aromatic carbocycles. The molecule has 1 heteroatoms. The molecule has 0 amide bonds. The van der Waals surface area contributed by atoms with Crippen LogP contribution in [-0.4, -0.2) is 3.21 Å². The first kappa shape index (κ1) is 31.9. The van der Waals surface area contributed by atoms with E-state index in [9.17, 15) is 0 Å². The molecule has 0 aromatic heterocycles.